The fourth-order valence-corrected chi connectivity index (χ4v) is 3.62. The molecule has 0 radical (unpaired) electrons. The van der Waals surface area contributed by atoms with Gasteiger partial charge >= 0.3 is 0 Å². The fourth-order valence-electron chi connectivity index (χ4n) is 2.50. The lowest BCUT2D eigenvalue weighted by atomic mass is 10.2. The predicted octanol–water partition coefficient (Wildman–Crippen LogP) is 4.91. The predicted molar refractivity (Wildman–Crippen MR) is 97.0 cm³/mol. The smallest absolute Gasteiger partial charge is 0.264 e. The van der Waals surface area contributed by atoms with Crippen molar-refractivity contribution in [3.05, 3.63) is 56.5 Å². The number of hydrogen-bond donors (Lipinski definition) is 0. The molecule has 0 bridgehead atoms. The van der Waals surface area contributed by atoms with Crippen LogP contribution in [0.25, 0.3) is 11.5 Å². The number of aromatic nitrogens is 2. The summed E-state index contributed by atoms with van der Waals surface area (Å²) >= 11 is 13.1. The first kappa shape index (κ1) is 16.6. The zero-order valence-electron chi connectivity index (χ0n) is 13.0. The minimum absolute atomic E-state index is 0.0503. The average molecular weight is 394 g/mol. The van der Waals surface area contributed by atoms with E-state index < -0.39 is 0 Å². The molecule has 1 fully saturated rings. The molecule has 3 aromatic rings. The number of hydrogen-bond acceptors (Lipinski definition) is 5. The third kappa shape index (κ3) is 3.71. The summed E-state index contributed by atoms with van der Waals surface area (Å²) in [4.78, 5) is 15.1. The molecule has 128 valence electrons. The van der Waals surface area contributed by atoms with Crippen LogP contribution in [0.1, 0.15) is 28.4 Å². The number of rotatable bonds is 5. The number of halogens is 2. The molecule has 0 N–H and O–H groups in total. The van der Waals surface area contributed by atoms with Crippen LogP contribution in [0, 0.1) is 0 Å². The van der Waals surface area contributed by atoms with Crippen molar-refractivity contribution < 1.29 is 9.21 Å². The Labute approximate surface area is 158 Å². The lowest BCUT2D eigenvalue weighted by Gasteiger charge is -2.19. The van der Waals surface area contributed by atoms with Gasteiger partial charge in [0.05, 0.1) is 15.8 Å². The van der Waals surface area contributed by atoms with Crippen LogP contribution in [-0.2, 0) is 6.54 Å². The first-order chi connectivity index (χ1) is 12.1. The summed E-state index contributed by atoms with van der Waals surface area (Å²) in [5, 5.41) is 8.79. The second-order valence-corrected chi connectivity index (χ2v) is 7.93. The van der Waals surface area contributed by atoms with Crippen molar-refractivity contribution in [1.82, 2.24) is 15.1 Å². The Morgan fingerprint density at radius 2 is 1.92 bits per heavy atom. The quantitative estimate of drug-likeness (QED) is 0.617. The van der Waals surface area contributed by atoms with Crippen LogP contribution in [0.5, 0.6) is 0 Å². The molecule has 25 heavy (non-hydrogen) atoms. The van der Waals surface area contributed by atoms with Crippen LogP contribution in [0.15, 0.2) is 40.8 Å². The number of amides is 1. The highest BCUT2D eigenvalue weighted by Crippen LogP contribution is 2.32. The Bertz CT molecular complexity index is 903. The summed E-state index contributed by atoms with van der Waals surface area (Å²) in [5.74, 6) is 0.771. The third-order valence-corrected chi connectivity index (χ3v) is 5.37. The van der Waals surface area contributed by atoms with E-state index in [9.17, 15) is 4.79 Å². The second kappa shape index (κ2) is 6.78. The first-order valence-electron chi connectivity index (χ1n) is 7.75. The van der Waals surface area contributed by atoms with Crippen molar-refractivity contribution >= 4 is 40.4 Å². The van der Waals surface area contributed by atoms with Gasteiger partial charge in [-0.3, -0.25) is 4.79 Å². The highest BCUT2D eigenvalue weighted by atomic mass is 35.5. The topological polar surface area (TPSA) is 59.2 Å². The molecule has 5 nitrogen and oxygen atoms in total. The van der Waals surface area contributed by atoms with Gasteiger partial charge in [0, 0.05) is 16.6 Å². The van der Waals surface area contributed by atoms with Crippen LogP contribution in [-0.4, -0.2) is 27.0 Å². The first-order valence-corrected chi connectivity index (χ1v) is 9.32. The Hall–Kier alpha value is -1.89. The summed E-state index contributed by atoms with van der Waals surface area (Å²) in [6.45, 7) is 0.291. The molecule has 2 heterocycles. The molecule has 0 saturated heterocycles. The van der Waals surface area contributed by atoms with Gasteiger partial charge in [-0.1, -0.05) is 23.2 Å². The molecule has 8 heteroatoms. The number of carbonyl (C=O) groups excluding carboxylic acids is 1. The lowest BCUT2D eigenvalue weighted by molar-refractivity contribution is 0.0719. The Balaban J connectivity index is 1.53. The molecule has 1 aromatic carbocycles. The van der Waals surface area contributed by atoms with Gasteiger partial charge in [0.25, 0.3) is 5.91 Å². The zero-order chi connectivity index (χ0) is 17.4. The third-order valence-electron chi connectivity index (χ3n) is 3.90. The monoisotopic (exact) mass is 393 g/mol. The number of nitrogens with zero attached hydrogens (tertiary/aromatic N) is 3. The minimum Gasteiger partial charge on any atom is -0.419 e. The summed E-state index contributed by atoms with van der Waals surface area (Å²) in [5.41, 5.74) is 0.789. The summed E-state index contributed by atoms with van der Waals surface area (Å²) in [6.07, 6.45) is 1.98. The summed E-state index contributed by atoms with van der Waals surface area (Å²) in [7, 11) is 0. The zero-order valence-corrected chi connectivity index (χ0v) is 15.3. The molecule has 1 aliphatic carbocycles. The molecule has 1 amide bonds. The summed E-state index contributed by atoms with van der Waals surface area (Å²) in [6, 6.07) is 10.9. The molecule has 2 aromatic heterocycles. The van der Waals surface area contributed by atoms with E-state index >= 15 is 0 Å². The van der Waals surface area contributed by atoms with Gasteiger partial charge in [-0.15, -0.1) is 21.5 Å². The second-order valence-electron chi connectivity index (χ2n) is 5.78. The Morgan fingerprint density at radius 1 is 1.16 bits per heavy atom. The highest BCUT2D eigenvalue weighted by molar-refractivity contribution is 7.17. The lowest BCUT2D eigenvalue weighted by Crippen LogP contribution is -2.32. The van der Waals surface area contributed by atoms with E-state index in [1.165, 1.54) is 11.3 Å². The van der Waals surface area contributed by atoms with Gasteiger partial charge in [0.2, 0.25) is 11.8 Å². The maximum Gasteiger partial charge on any atom is 0.264 e. The molecular formula is C17H13Cl2N3O2S. The Morgan fingerprint density at radius 3 is 2.56 bits per heavy atom. The van der Waals surface area contributed by atoms with Gasteiger partial charge in [-0.25, -0.2) is 0 Å². The normalized spacial score (nSPS) is 13.8. The van der Waals surface area contributed by atoms with Crippen LogP contribution >= 0.6 is 34.5 Å². The van der Waals surface area contributed by atoms with E-state index in [0.717, 1.165) is 18.4 Å². The highest BCUT2D eigenvalue weighted by Gasteiger charge is 2.34. The minimum atomic E-state index is -0.0503. The molecular weight excluding hydrogens is 381 g/mol. The van der Waals surface area contributed by atoms with Crippen molar-refractivity contribution in [2.24, 2.45) is 0 Å². The number of thiophene rings is 1. The van der Waals surface area contributed by atoms with Gasteiger partial charge in [-0.05, 0) is 49.2 Å². The van der Waals surface area contributed by atoms with Crippen molar-refractivity contribution in [3.8, 4) is 11.5 Å². The summed E-state index contributed by atoms with van der Waals surface area (Å²) < 4.78 is 6.33. The molecule has 1 saturated carbocycles. The van der Waals surface area contributed by atoms with E-state index in [0.29, 0.717) is 32.6 Å². The van der Waals surface area contributed by atoms with Crippen LogP contribution < -0.4 is 0 Å². The maximum atomic E-state index is 12.7. The largest absolute Gasteiger partial charge is 0.419 e. The van der Waals surface area contributed by atoms with Crippen molar-refractivity contribution in [1.29, 1.82) is 0 Å². The van der Waals surface area contributed by atoms with E-state index in [1.807, 2.05) is 12.1 Å². The van der Waals surface area contributed by atoms with Gasteiger partial charge in [0.15, 0.2) is 0 Å². The molecule has 0 atom stereocenters. The van der Waals surface area contributed by atoms with Crippen molar-refractivity contribution in [2.45, 2.75) is 25.4 Å². The van der Waals surface area contributed by atoms with Crippen LogP contribution in [0.3, 0.4) is 0 Å². The van der Waals surface area contributed by atoms with Crippen molar-refractivity contribution in [3.63, 3.8) is 0 Å². The van der Waals surface area contributed by atoms with Gasteiger partial charge in [0.1, 0.15) is 0 Å². The molecule has 0 aliphatic heterocycles. The molecule has 0 spiro atoms. The van der Waals surface area contributed by atoms with E-state index in [1.54, 1.807) is 29.2 Å². The number of benzene rings is 1. The van der Waals surface area contributed by atoms with Gasteiger partial charge < -0.3 is 9.32 Å². The molecule has 4 rings (SSSR count). The molecule has 1 aliphatic rings. The fraction of sp³-hybridized carbons (Fsp3) is 0.235. The van der Waals surface area contributed by atoms with Crippen LogP contribution in [0.2, 0.25) is 9.36 Å². The van der Waals surface area contributed by atoms with Crippen LogP contribution in [0.4, 0.5) is 0 Å². The van der Waals surface area contributed by atoms with E-state index in [-0.39, 0.29) is 11.9 Å². The van der Waals surface area contributed by atoms with E-state index in [2.05, 4.69) is 10.2 Å². The van der Waals surface area contributed by atoms with E-state index in [4.69, 9.17) is 27.6 Å². The standard InChI is InChI=1S/C17H13Cl2N3O2S/c18-11-3-1-10(2-4-11)16-21-20-15(24-16)9-22(12-5-6-12)17(23)13-7-8-14(19)25-13/h1-4,7-8,12H,5-6,9H2. The number of carbonyl (C=O) groups is 1. The Kier molecular flexibility index (Phi) is 4.50. The van der Waals surface area contributed by atoms with Gasteiger partial charge in [-0.2, -0.15) is 0 Å². The molecule has 0 unspecified atom stereocenters. The maximum absolute atomic E-state index is 12.7. The van der Waals surface area contributed by atoms with Crippen molar-refractivity contribution in [2.75, 3.05) is 0 Å². The average Bonchev–Trinajstić information content (AvgIpc) is 3.18. The SMILES string of the molecule is O=C(c1ccc(Cl)s1)N(Cc1nnc(-c2ccc(Cl)cc2)o1)C1CC1.